The number of anilines is 1. The Labute approximate surface area is 104 Å². The molecule has 1 aliphatic heterocycles. The van der Waals surface area contributed by atoms with Gasteiger partial charge in [-0.3, -0.25) is 9.69 Å². The van der Waals surface area contributed by atoms with Gasteiger partial charge in [-0.2, -0.15) is 0 Å². The number of aromatic nitrogens is 2. The number of H-pyrrole nitrogens is 1. The van der Waals surface area contributed by atoms with Gasteiger partial charge < -0.3 is 15.6 Å². The van der Waals surface area contributed by atoms with E-state index in [-0.39, 0.29) is 5.56 Å². The topological polar surface area (TPSA) is 78.2 Å². The highest BCUT2D eigenvalue weighted by molar-refractivity contribution is 7.80. The highest BCUT2D eigenvalue weighted by Gasteiger charge is 2.19. The first kappa shape index (κ1) is 12.0. The summed E-state index contributed by atoms with van der Waals surface area (Å²) >= 11 is 4.88. The molecule has 0 radical (unpaired) electrons. The Morgan fingerprint density at radius 1 is 1.47 bits per heavy atom. The van der Waals surface area contributed by atoms with Crippen molar-refractivity contribution in [2.75, 3.05) is 37.6 Å². The highest BCUT2D eigenvalue weighted by Crippen LogP contribution is 2.07. The maximum absolute atomic E-state index is 11.6. The Balaban J connectivity index is 1.98. The fourth-order valence-electron chi connectivity index (χ4n) is 1.91. The molecule has 1 aromatic heterocycles. The quantitative estimate of drug-likeness (QED) is 0.685. The van der Waals surface area contributed by atoms with Crippen LogP contribution in [0, 0.1) is 0 Å². The van der Waals surface area contributed by atoms with Crippen LogP contribution in [0.2, 0.25) is 0 Å². The van der Waals surface area contributed by atoms with Crippen molar-refractivity contribution in [3.05, 3.63) is 22.7 Å². The van der Waals surface area contributed by atoms with E-state index < -0.39 is 0 Å². The lowest BCUT2D eigenvalue weighted by molar-refractivity contribution is 0.291. The molecule has 0 unspecified atom stereocenters. The minimum absolute atomic E-state index is 0.143. The third kappa shape index (κ3) is 3.01. The summed E-state index contributed by atoms with van der Waals surface area (Å²) in [6.07, 6.45) is 3.13. The Morgan fingerprint density at radius 2 is 2.18 bits per heavy atom. The summed E-state index contributed by atoms with van der Waals surface area (Å²) in [6.45, 7) is 3.86. The molecular formula is C10H15N5OS. The Hall–Kier alpha value is -1.47. The molecule has 2 heterocycles. The van der Waals surface area contributed by atoms with Crippen LogP contribution in [0.15, 0.2) is 17.2 Å². The third-order valence-electron chi connectivity index (χ3n) is 2.74. The van der Waals surface area contributed by atoms with E-state index in [0.717, 1.165) is 26.2 Å². The molecule has 2 rings (SSSR count). The van der Waals surface area contributed by atoms with Crippen molar-refractivity contribution in [1.82, 2.24) is 14.9 Å². The van der Waals surface area contributed by atoms with Crippen LogP contribution in [-0.2, 0) is 0 Å². The standard InChI is InChI=1S/C10H15N5OS/c11-8(17)7-14-3-5-15(6-4-14)9-10(16)13-2-1-12-9/h1-2H,3-7H2,(H2,11,17)(H,13,16). The van der Waals surface area contributed by atoms with Gasteiger partial charge in [-0.25, -0.2) is 4.98 Å². The number of nitrogens with one attached hydrogen (secondary N) is 1. The third-order valence-corrected chi connectivity index (χ3v) is 2.87. The van der Waals surface area contributed by atoms with E-state index in [2.05, 4.69) is 14.9 Å². The van der Waals surface area contributed by atoms with Crippen molar-refractivity contribution in [2.24, 2.45) is 5.73 Å². The summed E-state index contributed by atoms with van der Waals surface area (Å²) in [5.74, 6) is 0.488. The smallest absolute Gasteiger partial charge is 0.290 e. The summed E-state index contributed by atoms with van der Waals surface area (Å²) in [5.41, 5.74) is 5.36. The minimum Gasteiger partial charge on any atom is -0.392 e. The fraction of sp³-hybridized carbons (Fsp3) is 0.500. The lowest BCUT2D eigenvalue weighted by Crippen LogP contribution is -2.50. The van der Waals surface area contributed by atoms with Crippen LogP contribution in [0.5, 0.6) is 0 Å². The van der Waals surface area contributed by atoms with E-state index in [4.69, 9.17) is 18.0 Å². The van der Waals surface area contributed by atoms with Crippen molar-refractivity contribution in [2.45, 2.75) is 0 Å². The van der Waals surface area contributed by atoms with E-state index >= 15 is 0 Å². The zero-order valence-electron chi connectivity index (χ0n) is 9.43. The number of hydrogen-bond donors (Lipinski definition) is 2. The molecule has 0 aromatic carbocycles. The summed E-state index contributed by atoms with van der Waals surface area (Å²) in [7, 11) is 0. The van der Waals surface area contributed by atoms with Gasteiger partial charge in [0.1, 0.15) is 0 Å². The fourth-order valence-corrected chi connectivity index (χ4v) is 2.09. The highest BCUT2D eigenvalue weighted by atomic mass is 32.1. The molecule has 0 saturated carbocycles. The van der Waals surface area contributed by atoms with Gasteiger partial charge in [0.2, 0.25) is 0 Å². The Kier molecular flexibility index (Phi) is 3.70. The van der Waals surface area contributed by atoms with Crippen molar-refractivity contribution in [3.63, 3.8) is 0 Å². The Morgan fingerprint density at radius 3 is 2.76 bits per heavy atom. The van der Waals surface area contributed by atoms with Crippen LogP contribution in [-0.4, -0.2) is 52.6 Å². The molecule has 92 valence electrons. The molecule has 7 heteroatoms. The lowest BCUT2D eigenvalue weighted by Gasteiger charge is -2.34. The number of rotatable bonds is 3. The van der Waals surface area contributed by atoms with Crippen LogP contribution >= 0.6 is 12.2 Å². The second kappa shape index (κ2) is 5.24. The maximum Gasteiger partial charge on any atom is 0.290 e. The molecule has 6 nitrogen and oxygen atoms in total. The SMILES string of the molecule is NC(=S)CN1CCN(c2ncc[nH]c2=O)CC1. The van der Waals surface area contributed by atoms with Crippen molar-refractivity contribution in [3.8, 4) is 0 Å². The molecule has 1 saturated heterocycles. The van der Waals surface area contributed by atoms with Gasteiger partial charge in [0, 0.05) is 45.1 Å². The molecule has 0 atom stereocenters. The van der Waals surface area contributed by atoms with E-state index in [1.807, 2.05) is 4.90 Å². The van der Waals surface area contributed by atoms with E-state index in [1.165, 1.54) is 6.20 Å². The normalized spacial score (nSPS) is 17.1. The van der Waals surface area contributed by atoms with E-state index in [0.29, 0.717) is 17.4 Å². The monoisotopic (exact) mass is 253 g/mol. The van der Waals surface area contributed by atoms with Crippen LogP contribution in [0.25, 0.3) is 0 Å². The average molecular weight is 253 g/mol. The Bertz CT molecular complexity index is 452. The predicted molar refractivity (Wildman–Crippen MR) is 70.3 cm³/mol. The first-order valence-electron chi connectivity index (χ1n) is 5.46. The van der Waals surface area contributed by atoms with Crippen LogP contribution in [0.3, 0.4) is 0 Å². The summed E-state index contributed by atoms with van der Waals surface area (Å²) in [5, 5.41) is 0. The van der Waals surface area contributed by atoms with Crippen LogP contribution in [0.4, 0.5) is 5.82 Å². The lowest BCUT2D eigenvalue weighted by atomic mass is 10.3. The van der Waals surface area contributed by atoms with E-state index in [1.54, 1.807) is 6.20 Å². The van der Waals surface area contributed by atoms with Gasteiger partial charge in [0.25, 0.3) is 5.56 Å². The zero-order chi connectivity index (χ0) is 12.3. The molecule has 0 spiro atoms. The minimum atomic E-state index is -0.143. The number of thiocarbonyl (C=S) groups is 1. The summed E-state index contributed by atoms with van der Waals surface area (Å²) in [4.78, 5) is 23.0. The van der Waals surface area contributed by atoms with Gasteiger partial charge in [0.15, 0.2) is 5.82 Å². The first-order valence-corrected chi connectivity index (χ1v) is 5.87. The zero-order valence-corrected chi connectivity index (χ0v) is 10.2. The van der Waals surface area contributed by atoms with Crippen molar-refractivity contribution in [1.29, 1.82) is 0 Å². The number of hydrogen-bond acceptors (Lipinski definition) is 5. The van der Waals surface area contributed by atoms with E-state index in [9.17, 15) is 4.79 Å². The molecule has 3 N–H and O–H groups in total. The number of nitrogens with zero attached hydrogens (tertiary/aromatic N) is 3. The van der Waals surface area contributed by atoms with Crippen molar-refractivity contribution >= 4 is 23.0 Å². The van der Waals surface area contributed by atoms with Gasteiger partial charge in [-0.1, -0.05) is 12.2 Å². The summed E-state index contributed by atoms with van der Waals surface area (Å²) < 4.78 is 0. The molecular weight excluding hydrogens is 238 g/mol. The van der Waals surface area contributed by atoms with Crippen LogP contribution < -0.4 is 16.2 Å². The van der Waals surface area contributed by atoms with Crippen molar-refractivity contribution < 1.29 is 0 Å². The molecule has 1 aromatic rings. The first-order chi connectivity index (χ1) is 8.16. The van der Waals surface area contributed by atoms with Gasteiger partial charge in [0.05, 0.1) is 4.99 Å². The van der Waals surface area contributed by atoms with Crippen LogP contribution in [0.1, 0.15) is 0 Å². The van der Waals surface area contributed by atoms with Gasteiger partial charge in [-0.05, 0) is 0 Å². The largest absolute Gasteiger partial charge is 0.392 e. The van der Waals surface area contributed by atoms with Gasteiger partial charge in [-0.15, -0.1) is 0 Å². The maximum atomic E-state index is 11.6. The molecule has 0 aliphatic carbocycles. The second-order valence-electron chi connectivity index (χ2n) is 3.97. The van der Waals surface area contributed by atoms with Gasteiger partial charge >= 0.3 is 0 Å². The molecule has 0 bridgehead atoms. The molecule has 1 aliphatic rings. The molecule has 17 heavy (non-hydrogen) atoms. The number of aromatic amines is 1. The molecule has 0 amide bonds. The second-order valence-corrected chi connectivity index (χ2v) is 4.50. The predicted octanol–water partition coefficient (Wildman–Crippen LogP) is -0.822. The number of piperazine rings is 1. The molecule has 1 fully saturated rings. The summed E-state index contributed by atoms with van der Waals surface area (Å²) in [6, 6.07) is 0. The number of nitrogens with two attached hydrogens (primary N) is 1. The average Bonchev–Trinajstić information content (AvgIpc) is 2.30.